The quantitative estimate of drug-likeness (QED) is 0.658. The van der Waals surface area contributed by atoms with Crippen LogP contribution in [0.1, 0.15) is 17.0 Å². The predicted molar refractivity (Wildman–Crippen MR) is 101 cm³/mol. The molecule has 0 saturated carbocycles. The first-order chi connectivity index (χ1) is 12.0. The molecule has 1 aliphatic heterocycles. The van der Waals surface area contributed by atoms with Gasteiger partial charge < -0.3 is 0 Å². The lowest BCUT2D eigenvalue weighted by molar-refractivity contribution is 0.440. The molecule has 1 aliphatic rings. The highest BCUT2D eigenvalue weighted by molar-refractivity contribution is 7.91. The largest absolute Gasteiger partial charge is 0.265 e. The van der Waals surface area contributed by atoms with Crippen molar-refractivity contribution in [1.82, 2.24) is 9.29 Å². The van der Waals surface area contributed by atoms with E-state index >= 15 is 0 Å². The van der Waals surface area contributed by atoms with E-state index in [-0.39, 0.29) is 5.92 Å². The van der Waals surface area contributed by atoms with Crippen molar-refractivity contribution in [2.75, 3.05) is 13.6 Å². The number of nitrogens with zero attached hydrogens (tertiary/aromatic N) is 2. The molecule has 128 valence electrons. The van der Waals surface area contributed by atoms with E-state index in [4.69, 9.17) is 11.6 Å². The monoisotopic (exact) mass is 390 g/mol. The molecule has 4 nitrogen and oxygen atoms in total. The van der Waals surface area contributed by atoms with Crippen molar-refractivity contribution >= 4 is 33.0 Å². The van der Waals surface area contributed by atoms with Crippen molar-refractivity contribution in [3.8, 4) is 10.4 Å². The number of fused-ring (bicyclic) bond motifs is 1. The van der Waals surface area contributed by atoms with Crippen molar-refractivity contribution in [3.63, 3.8) is 0 Å². The zero-order valence-electron chi connectivity index (χ0n) is 13.4. The van der Waals surface area contributed by atoms with E-state index in [0.717, 1.165) is 21.6 Å². The van der Waals surface area contributed by atoms with Gasteiger partial charge in [0.15, 0.2) is 0 Å². The first-order valence-electron chi connectivity index (χ1n) is 7.73. The molecular formula is C18H15ClN2O2S2. The van der Waals surface area contributed by atoms with Gasteiger partial charge in [-0.05, 0) is 47.0 Å². The lowest BCUT2D eigenvalue weighted by Crippen LogP contribution is -2.36. The molecule has 3 aromatic rings. The van der Waals surface area contributed by atoms with Gasteiger partial charge in [0.1, 0.15) is 4.21 Å². The molecule has 0 amide bonds. The maximum atomic E-state index is 12.8. The minimum Gasteiger partial charge on any atom is -0.265 e. The number of hydrogen-bond donors (Lipinski definition) is 0. The van der Waals surface area contributed by atoms with Crippen LogP contribution in [0.2, 0.25) is 5.02 Å². The van der Waals surface area contributed by atoms with E-state index < -0.39 is 10.0 Å². The van der Waals surface area contributed by atoms with Gasteiger partial charge in [0, 0.05) is 41.8 Å². The van der Waals surface area contributed by atoms with E-state index in [1.165, 1.54) is 15.6 Å². The Morgan fingerprint density at radius 1 is 1.16 bits per heavy atom. The third kappa shape index (κ3) is 2.89. The molecule has 1 aromatic carbocycles. The predicted octanol–water partition coefficient (Wildman–Crippen LogP) is 4.23. The van der Waals surface area contributed by atoms with Gasteiger partial charge in [-0.1, -0.05) is 23.7 Å². The molecule has 2 aromatic heterocycles. The molecule has 7 heteroatoms. The third-order valence-electron chi connectivity index (χ3n) is 4.42. The molecular weight excluding hydrogens is 376 g/mol. The molecule has 0 spiro atoms. The molecule has 0 saturated heterocycles. The summed E-state index contributed by atoms with van der Waals surface area (Å²) in [6, 6.07) is 13.4. The van der Waals surface area contributed by atoms with E-state index in [1.807, 2.05) is 42.5 Å². The second-order valence-corrected chi connectivity index (χ2v) is 9.71. The molecule has 4 rings (SSSR count). The fourth-order valence-corrected chi connectivity index (χ4v) is 6.35. The topological polar surface area (TPSA) is 50.3 Å². The van der Waals surface area contributed by atoms with Crippen LogP contribution >= 0.6 is 22.9 Å². The standard InChI is InChI=1S/C18H15ClN2O2S2/c1-21-11-16(12-2-4-14(19)5-3-12)15-10-17(13-6-8-20-9-7-13)24-18(15)25(21,22)23/h2-10,16H,11H2,1H3. The number of pyridine rings is 1. The van der Waals surface area contributed by atoms with Crippen LogP contribution in [0.15, 0.2) is 59.1 Å². The summed E-state index contributed by atoms with van der Waals surface area (Å²) in [5, 5.41) is 0.670. The Labute approximate surface area is 155 Å². The van der Waals surface area contributed by atoms with Crippen LogP contribution in [-0.2, 0) is 10.0 Å². The smallest absolute Gasteiger partial charge is 0.252 e. The lowest BCUT2D eigenvalue weighted by atomic mass is 9.92. The Balaban J connectivity index is 1.89. The Morgan fingerprint density at radius 3 is 2.52 bits per heavy atom. The second-order valence-electron chi connectivity index (χ2n) is 5.98. The van der Waals surface area contributed by atoms with Gasteiger partial charge >= 0.3 is 0 Å². The molecule has 1 unspecified atom stereocenters. The van der Waals surface area contributed by atoms with Crippen molar-refractivity contribution < 1.29 is 8.42 Å². The van der Waals surface area contributed by atoms with Crippen molar-refractivity contribution in [2.24, 2.45) is 0 Å². The van der Waals surface area contributed by atoms with E-state index in [1.54, 1.807) is 19.4 Å². The first-order valence-corrected chi connectivity index (χ1v) is 10.4. The number of sulfonamides is 1. The first kappa shape index (κ1) is 16.7. The number of thiophene rings is 1. The van der Waals surface area contributed by atoms with Crippen LogP contribution in [0.5, 0.6) is 0 Å². The van der Waals surface area contributed by atoms with Gasteiger partial charge in [-0.25, -0.2) is 8.42 Å². The molecule has 0 fully saturated rings. The number of hydrogen-bond acceptors (Lipinski definition) is 4. The third-order valence-corrected chi connectivity index (χ3v) is 8.22. The summed E-state index contributed by atoms with van der Waals surface area (Å²) >= 11 is 7.32. The normalized spacial score (nSPS) is 19.5. The molecule has 1 atom stereocenters. The number of likely N-dealkylation sites (N-methyl/N-ethyl adjacent to an activating group) is 1. The summed E-state index contributed by atoms with van der Waals surface area (Å²) in [4.78, 5) is 4.97. The SMILES string of the molecule is CN1CC(c2ccc(Cl)cc2)c2cc(-c3ccncc3)sc2S1(=O)=O. The van der Waals surface area contributed by atoms with Crippen LogP contribution in [0.25, 0.3) is 10.4 Å². The van der Waals surface area contributed by atoms with E-state index in [2.05, 4.69) is 4.98 Å². The molecule has 25 heavy (non-hydrogen) atoms. The highest BCUT2D eigenvalue weighted by Crippen LogP contribution is 2.44. The van der Waals surface area contributed by atoms with Crippen LogP contribution in [0, 0.1) is 0 Å². The average molecular weight is 391 g/mol. The number of rotatable bonds is 2. The number of halogens is 1. The fraction of sp³-hybridized carbons (Fsp3) is 0.167. The second kappa shape index (κ2) is 6.21. The van der Waals surface area contributed by atoms with Crippen LogP contribution in [0.4, 0.5) is 0 Å². The average Bonchev–Trinajstić information content (AvgIpc) is 3.07. The van der Waals surface area contributed by atoms with E-state index in [9.17, 15) is 8.42 Å². The Hall–Kier alpha value is -1.73. The molecule has 3 heterocycles. The maximum absolute atomic E-state index is 12.8. The lowest BCUT2D eigenvalue weighted by Gasteiger charge is -2.29. The van der Waals surface area contributed by atoms with Gasteiger partial charge in [-0.2, -0.15) is 4.31 Å². The summed E-state index contributed by atoms with van der Waals surface area (Å²) in [5.74, 6) is -0.00683. The minimum atomic E-state index is -3.45. The molecule has 0 radical (unpaired) electrons. The summed E-state index contributed by atoms with van der Waals surface area (Å²) in [6.45, 7) is 0.420. The van der Waals surface area contributed by atoms with Crippen LogP contribution in [0.3, 0.4) is 0 Å². The summed E-state index contributed by atoms with van der Waals surface area (Å²) < 4.78 is 27.4. The molecule has 0 N–H and O–H groups in total. The van der Waals surface area contributed by atoms with Gasteiger partial charge in [0.05, 0.1) is 0 Å². The maximum Gasteiger partial charge on any atom is 0.252 e. The zero-order valence-corrected chi connectivity index (χ0v) is 15.8. The Kier molecular flexibility index (Phi) is 4.16. The highest BCUT2D eigenvalue weighted by Gasteiger charge is 2.37. The molecule has 0 bridgehead atoms. The van der Waals surface area contributed by atoms with E-state index in [0.29, 0.717) is 15.8 Å². The fourth-order valence-electron chi connectivity index (χ4n) is 3.07. The minimum absolute atomic E-state index is 0.00683. The number of benzene rings is 1. The summed E-state index contributed by atoms with van der Waals surface area (Å²) in [5.41, 5.74) is 2.89. The van der Waals surface area contributed by atoms with Crippen molar-refractivity contribution in [1.29, 1.82) is 0 Å². The van der Waals surface area contributed by atoms with Crippen molar-refractivity contribution in [3.05, 3.63) is 71.0 Å². The van der Waals surface area contributed by atoms with Crippen LogP contribution < -0.4 is 0 Å². The Bertz CT molecular complexity index is 1010. The summed E-state index contributed by atoms with van der Waals surface area (Å²) in [6.07, 6.45) is 3.43. The highest BCUT2D eigenvalue weighted by atomic mass is 35.5. The van der Waals surface area contributed by atoms with Gasteiger partial charge in [-0.15, -0.1) is 11.3 Å². The number of aromatic nitrogens is 1. The van der Waals surface area contributed by atoms with Gasteiger partial charge in [-0.3, -0.25) is 4.98 Å². The summed E-state index contributed by atoms with van der Waals surface area (Å²) in [7, 11) is -1.81. The van der Waals surface area contributed by atoms with Gasteiger partial charge in [0.25, 0.3) is 10.0 Å². The van der Waals surface area contributed by atoms with Crippen LogP contribution in [-0.4, -0.2) is 31.3 Å². The zero-order chi connectivity index (χ0) is 17.6. The molecule has 0 aliphatic carbocycles. The Morgan fingerprint density at radius 2 is 1.84 bits per heavy atom. The van der Waals surface area contributed by atoms with Gasteiger partial charge in [0.2, 0.25) is 0 Å². The van der Waals surface area contributed by atoms with Crippen molar-refractivity contribution in [2.45, 2.75) is 10.1 Å².